The van der Waals surface area contributed by atoms with Crippen LogP contribution < -0.4 is 0 Å². The number of carbonyl (C=O) groups excluding carboxylic acids is 1. The molecule has 1 aliphatic heterocycles. The molecule has 0 spiro atoms. The van der Waals surface area contributed by atoms with Gasteiger partial charge in [-0.25, -0.2) is 0 Å². The molecule has 3 heteroatoms. The Hall–Kier alpha value is -1.04. The quantitative estimate of drug-likeness (QED) is 0.650. The van der Waals surface area contributed by atoms with Crippen molar-refractivity contribution >= 4 is 5.91 Å². The molecular weight excluding hydrogens is 188 g/mol. The lowest BCUT2D eigenvalue weighted by atomic mass is 10.1. The van der Waals surface area contributed by atoms with E-state index in [1.807, 2.05) is 4.90 Å². The van der Waals surface area contributed by atoms with Crippen molar-refractivity contribution in [3.8, 4) is 6.07 Å². The largest absolute Gasteiger partial charge is 0.326 e. The summed E-state index contributed by atoms with van der Waals surface area (Å²) in [5, 5.41) is 8.95. The minimum absolute atomic E-state index is 0.126. The van der Waals surface area contributed by atoms with E-state index in [-0.39, 0.29) is 11.9 Å². The van der Waals surface area contributed by atoms with Crippen LogP contribution in [0, 0.1) is 29.1 Å². The lowest BCUT2D eigenvalue weighted by Gasteiger charge is -2.20. The standard InChI is InChI=1S/C12H16N2O/c13-7-8-3-2-6-14(8)12(15)11-9-4-1-5-10(9)11/h8-11H,1-6H2. The van der Waals surface area contributed by atoms with Crippen LogP contribution >= 0.6 is 0 Å². The SMILES string of the molecule is N#CC1CCCN1C(=O)C1C2CCCC21. The molecule has 3 fully saturated rings. The first-order valence-electron chi connectivity index (χ1n) is 6.03. The Bertz CT molecular complexity index is 323. The maximum absolute atomic E-state index is 12.2. The summed E-state index contributed by atoms with van der Waals surface area (Å²) >= 11 is 0. The van der Waals surface area contributed by atoms with Crippen LogP contribution in [0.25, 0.3) is 0 Å². The van der Waals surface area contributed by atoms with E-state index in [1.54, 1.807) is 0 Å². The fraction of sp³-hybridized carbons (Fsp3) is 0.833. The van der Waals surface area contributed by atoms with Gasteiger partial charge in [0.05, 0.1) is 6.07 Å². The Labute approximate surface area is 90.1 Å². The van der Waals surface area contributed by atoms with Gasteiger partial charge in [-0.3, -0.25) is 4.79 Å². The van der Waals surface area contributed by atoms with E-state index in [1.165, 1.54) is 19.3 Å². The minimum atomic E-state index is -0.126. The summed E-state index contributed by atoms with van der Waals surface area (Å²) in [5.41, 5.74) is 0. The van der Waals surface area contributed by atoms with Gasteiger partial charge in [-0.2, -0.15) is 5.26 Å². The van der Waals surface area contributed by atoms with Gasteiger partial charge in [-0.05, 0) is 37.5 Å². The number of likely N-dealkylation sites (tertiary alicyclic amines) is 1. The van der Waals surface area contributed by atoms with Crippen LogP contribution in [0.3, 0.4) is 0 Å². The summed E-state index contributed by atoms with van der Waals surface area (Å²) in [7, 11) is 0. The van der Waals surface area contributed by atoms with Crippen LogP contribution in [0.2, 0.25) is 0 Å². The molecule has 0 radical (unpaired) electrons. The summed E-state index contributed by atoms with van der Waals surface area (Å²) in [6.07, 6.45) is 5.68. The third-order valence-electron chi connectivity index (χ3n) is 4.38. The molecule has 1 saturated heterocycles. The van der Waals surface area contributed by atoms with E-state index in [2.05, 4.69) is 6.07 Å². The number of hydrogen-bond acceptors (Lipinski definition) is 2. The average Bonchev–Trinajstić information content (AvgIpc) is 2.72. The zero-order valence-electron chi connectivity index (χ0n) is 8.85. The second kappa shape index (κ2) is 3.23. The third kappa shape index (κ3) is 1.27. The first kappa shape index (κ1) is 9.21. The molecule has 0 bridgehead atoms. The van der Waals surface area contributed by atoms with Gasteiger partial charge in [0.2, 0.25) is 5.91 Å². The van der Waals surface area contributed by atoms with Crippen LogP contribution in [0.4, 0.5) is 0 Å². The van der Waals surface area contributed by atoms with Gasteiger partial charge in [0.25, 0.3) is 0 Å². The smallest absolute Gasteiger partial charge is 0.227 e. The Balaban J connectivity index is 1.68. The predicted molar refractivity (Wildman–Crippen MR) is 54.7 cm³/mol. The topological polar surface area (TPSA) is 44.1 Å². The average molecular weight is 204 g/mol. The van der Waals surface area contributed by atoms with Gasteiger partial charge in [0.15, 0.2) is 0 Å². The fourth-order valence-electron chi connectivity index (χ4n) is 3.54. The summed E-state index contributed by atoms with van der Waals surface area (Å²) in [4.78, 5) is 14.0. The minimum Gasteiger partial charge on any atom is -0.326 e. The summed E-state index contributed by atoms with van der Waals surface area (Å²) < 4.78 is 0. The Morgan fingerprint density at radius 1 is 1.20 bits per heavy atom. The molecule has 3 rings (SSSR count). The second-order valence-corrected chi connectivity index (χ2v) is 5.10. The van der Waals surface area contributed by atoms with Gasteiger partial charge >= 0.3 is 0 Å². The van der Waals surface area contributed by atoms with Crippen molar-refractivity contribution in [3.05, 3.63) is 0 Å². The molecule has 3 unspecified atom stereocenters. The molecule has 0 N–H and O–H groups in total. The fourth-order valence-corrected chi connectivity index (χ4v) is 3.54. The zero-order valence-corrected chi connectivity index (χ0v) is 8.85. The van der Waals surface area contributed by atoms with E-state index in [0.29, 0.717) is 17.8 Å². The van der Waals surface area contributed by atoms with Crippen LogP contribution in [0.15, 0.2) is 0 Å². The van der Waals surface area contributed by atoms with Gasteiger partial charge in [0, 0.05) is 12.5 Å². The Kier molecular flexibility index (Phi) is 1.98. The summed E-state index contributed by atoms with van der Waals surface area (Å²) in [6, 6.07) is 2.12. The highest BCUT2D eigenvalue weighted by molar-refractivity contribution is 5.83. The molecule has 3 aliphatic rings. The molecule has 1 heterocycles. The molecule has 3 nitrogen and oxygen atoms in total. The van der Waals surface area contributed by atoms with Crippen LogP contribution in [0.1, 0.15) is 32.1 Å². The van der Waals surface area contributed by atoms with Crippen LogP contribution in [0.5, 0.6) is 0 Å². The van der Waals surface area contributed by atoms with Gasteiger partial charge in [-0.15, -0.1) is 0 Å². The maximum atomic E-state index is 12.2. The van der Waals surface area contributed by atoms with Crippen LogP contribution in [-0.4, -0.2) is 23.4 Å². The number of carbonyl (C=O) groups is 1. The van der Waals surface area contributed by atoms with E-state index >= 15 is 0 Å². The highest BCUT2D eigenvalue weighted by atomic mass is 16.2. The maximum Gasteiger partial charge on any atom is 0.227 e. The number of fused-ring (bicyclic) bond motifs is 1. The third-order valence-corrected chi connectivity index (χ3v) is 4.38. The van der Waals surface area contributed by atoms with E-state index in [0.717, 1.165) is 19.4 Å². The normalized spacial score (nSPS) is 42.5. The zero-order chi connectivity index (χ0) is 10.4. The van der Waals surface area contributed by atoms with Crippen LogP contribution in [-0.2, 0) is 4.79 Å². The molecule has 3 atom stereocenters. The molecule has 0 aromatic rings. The molecule has 15 heavy (non-hydrogen) atoms. The van der Waals surface area contributed by atoms with Gasteiger partial charge < -0.3 is 4.90 Å². The van der Waals surface area contributed by atoms with E-state index in [9.17, 15) is 4.79 Å². The number of nitriles is 1. The van der Waals surface area contributed by atoms with Crippen molar-refractivity contribution in [2.45, 2.75) is 38.1 Å². The van der Waals surface area contributed by atoms with Crippen molar-refractivity contribution in [1.82, 2.24) is 4.90 Å². The molecule has 80 valence electrons. The van der Waals surface area contributed by atoms with Crippen molar-refractivity contribution in [1.29, 1.82) is 5.26 Å². The van der Waals surface area contributed by atoms with Crippen molar-refractivity contribution in [2.75, 3.05) is 6.54 Å². The number of amides is 1. The number of hydrogen-bond donors (Lipinski definition) is 0. The molecule has 1 amide bonds. The molecule has 0 aromatic heterocycles. The predicted octanol–water partition coefficient (Wildman–Crippen LogP) is 1.55. The van der Waals surface area contributed by atoms with E-state index < -0.39 is 0 Å². The van der Waals surface area contributed by atoms with E-state index in [4.69, 9.17) is 5.26 Å². The monoisotopic (exact) mass is 204 g/mol. The molecule has 2 saturated carbocycles. The Morgan fingerprint density at radius 3 is 2.60 bits per heavy atom. The summed E-state index contributed by atoms with van der Waals surface area (Å²) in [5.74, 6) is 1.94. The second-order valence-electron chi connectivity index (χ2n) is 5.10. The highest BCUT2D eigenvalue weighted by Crippen LogP contribution is 2.58. The number of nitrogens with zero attached hydrogens (tertiary/aromatic N) is 2. The van der Waals surface area contributed by atoms with Crippen molar-refractivity contribution in [2.24, 2.45) is 17.8 Å². The highest BCUT2D eigenvalue weighted by Gasteiger charge is 2.58. The van der Waals surface area contributed by atoms with Crippen molar-refractivity contribution in [3.63, 3.8) is 0 Å². The van der Waals surface area contributed by atoms with Crippen molar-refractivity contribution < 1.29 is 4.79 Å². The lowest BCUT2D eigenvalue weighted by molar-refractivity contribution is -0.133. The molecule has 2 aliphatic carbocycles. The summed E-state index contributed by atoms with van der Waals surface area (Å²) in [6.45, 7) is 0.813. The van der Waals surface area contributed by atoms with Gasteiger partial charge in [0.1, 0.15) is 6.04 Å². The van der Waals surface area contributed by atoms with Gasteiger partial charge in [-0.1, -0.05) is 6.42 Å². The first-order chi connectivity index (χ1) is 7.33. The molecule has 0 aromatic carbocycles. The Morgan fingerprint density at radius 2 is 1.93 bits per heavy atom. The molecular formula is C12H16N2O. The lowest BCUT2D eigenvalue weighted by Crippen LogP contribution is -2.36. The first-order valence-corrected chi connectivity index (χ1v) is 6.03. The number of rotatable bonds is 1.